The highest BCUT2D eigenvalue weighted by Gasteiger charge is 2.33. The van der Waals surface area contributed by atoms with Crippen LogP contribution in [0.3, 0.4) is 0 Å². The average molecular weight is 505 g/mol. The van der Waals surface area contributed by atoms with E-state index in [0.29, 0.717) is 18.3 Å². The van der Waals surface area contributed by atoms with Crippen LogP contribution in [0.15, 0.2) is 66.9 Å². The molecule has 4 nitrogen and oxygen atoms in total. The molecule has 0 fully saturated rings. The normalized spacial score (nSPS) is 12.3. The lowest BCUT2D eigenvalue weighted by Crippen LogP contribution is -2.42. The van der Waals surface area contributed by atoms with Crippen LogP contribution in [0, 0.1) is 18.6 Å². The summed E-state index contributed by atoms with van der Waals surface area (Å²) in [5.41, 5.74) is -0.731. The van der Waals surface area contributed by atoms with E-state index in [9.17, 15) is 39.9 Å². The van der Waals surface area contributed by atoms with E-state index in [1.807, 2.05) is 23.5 Å². The maximum Gasteiger partial charge on any atom is 0.416 e. The Bertz CT molecular complexity index is 1100. The van der Waals surface area contributed by atoms with E-state index in [-0.39, 0.29) is 11.8 Å². The number of nitrogens with zero attached hydrogens (tertiary/aromatic N) is 1. The van der Waals surface area contributed by atoms with Crippen molar-refractivity contribution in [1.29, 1.82) is 0 Å². The molecule has 3 aromatic rings. The van der Waals surface area contributed by atoms with Crippen LogP contribution >= 0.6 is 0 Å². The lowest BCUT2D eigenvalue weighted by Gasteiger charge is -2.21. The molecule has 0 saturated heterocycles. The third-order valence-corrected chi connectivity index (χ3v) is 4.29. The van der Waals surface area contributed by atoms with Gasteiger partial charge in [-0.3, -0.25) is 4.98 Å². The maximum atomic E-state index is 13.7. The average Bonchev–Trinajstić information content (AvgIpc) is 2.76. The highest BCUT2D eigenvalue weighted by molar-refractivity contribution is 5.75. The van der Waals surface area contributed by atoms with Gasteiger partial charge in [-0.05, 0) is 42.8 Å². The minimum Gasteiger partial charge on any atom is -0.329 e. The van der Waals surface area contributed by atoms with Crippen molar-refractivity contribution in [3.05, 3.63) is 101 Å². The Morgan fingerprint density at radius 1 is 0.914 bits per heavy atom. The van der Waals surface area contributed by atoms with E-state index < -0.39 is 53.7 Å². The number of amides is 2. The van der Waals surface area contributed by atoms with Gasteiger partial charge < -0.3 is 10.6 Å². The Balaban J connectivity index is 0.000000527. The van der Waals surface area contributed by atoms with Gasteiger partial charge >= 0.3 is 18.4 Å². The first kappa shape index (κ1) is 27.5. The highest BCUT2D eigenvalue weighted by atomic mass is 19.4. The third-order valence-electron chi connectivity index (χ3n) is 4.29. The molecule has 3 rings (SSSR count). The molecule has 188 valence electrons. The van der Waals surface area contributed by atoms with Crippen LogP contribution < -0.4 is 10.6 Å². The van der Waals surface area contributed by atoms with Gasteiger partial charge in [0.25, 0.3) is 0 Å². The Morgan fingerprint density at radius 3 is 2.06 bits per heavy atom. The number of rotatable bonds is 4. The van der Waals surface area contributed by atoms with Crippen LogP contribution in [0.25, 0.3) is 0 Å². The number of nitrogens with one attached hydrogen (secondary N) is 2. The molecule has 12 heteroatoms. The van der Waals surface area contributed by atoms with Crippen molar-refractivity contribution in [2.24, 2.45) is 0 Å². The molecule has 0 saturated carbocycles. The van der Waals surface area contributed by atoms with Crippen LogP contribution in [0.4, 0.5) is 39.9 Å². The van der Waals surface area contributed by atoms with Crippen molar-refractivity contribution >= 4 is 6.03 Å². The molecule has 0 bridgehead atoms. The first-order valence-electron chi connectivity index (χ1n) is 9.86. The molecule has 1 atom stereocenters. The number of hydrogen-bond donors (Lipinski definition) is 2. The summed E-state index contributed by atoms with van der Waals surface area (Å²) in [5, 5.41) is 3.45. The topological polar surface area (TPSA) is 54.0 Å². The van der Waals surface area contributed by atoms with E-state index in [0.717, 1.165) is 12.1 Å². The number of urea groups is 1. The molecular weight excluding hydrogens is 486 g/mol. The molecule has 0 spiro atoms. The van der Waals surface area contributed by atoms with Crippen LogP contribution in [0.2, 0.25) is 0 Å². The highest BCUT2D eigenvalue weighted by Crippen LogP contribution is 2.33. The van der Waals surface area contributed by atoms with Gasteiger partial charge in [0.15, 0.2) is 0 Å². The Labute approximate surface area is 195 Å². The van der Waals surface area contributed by atoms with Crippen molar-refractivity contribution in [2.45, 2.75) is 25.3 Å². The minimum absolute atomic E-state index is 0.211. The smallest absolute Gasteiger partial charge is 0.329 e. The van der Waals surface area contributed by atoms with Crippen LogP contribution in [-0.2, 0) is 6.18 Å². The van der Waals surface area contributed by atoms with Crippen molar-refractivity contribution in [3.63, 3.8) is 0 Å². The van der Waals surface area contributed by atoms with Gasteiger partial charge in [-0.2, -0.15) is 26.3 Å². The van der Waals surface area contributed by atoms with Crippen molar-refractivity contribution < 1.29 is 39.9 Å². The second-order valence-corrected chi connectivity index (χ2v) is 7.20. The second kappa shape index (κ2) is 11.6. The Morgan fingerprint density at radius 2 is 1.57 bits per heavy atom. The summed E-state index contributed by atoms with van der Waals surface area (Å²) in [6.07, 6.45) is -8.97. The van der Waals surface area contributed by atoms with Gasteiger partial charge in [0, 0.05) is 0 Å². The van der Waals surface area contributed by atoms with Gasteiger partial charge in [-0.1, -0.05) is 35.9 Å². The van der Waals surface area contributed by atoms with Gasteiger partial charge in [-0.15, -0.1) is 0 Å². The Kier molecular flexibility index (Phi) is 9.15. The van der Waals surface area contributed by atoms with Crippen molar-refractivity contribution in [3.8, 4) is 0 Å². The summed E-state index contributed by atoms with van der Waals surface area (Å²) in [4.78, 5) is 15.3. The number of hydrogen-bond acceptors (Lipinski definition) is 2. The molecule has 0 radical (unpaired) electrons. The summed E-state index contributed by atoms with van der Waals surface area (Å²) in [6, 6.07) is 10.5. The SMILES string of the molecule is Cc1ccccc1.O=C(NCC(F)(F)F)N[C@@H](c1cc(F)cc(C(F)(F)F)c1)c1ccc(F)cn1. The summed E-state index contributed by atoms with van der Waals surface area (Å²) in [6.45, 7) is 0.374. The fourth-order valence-electron chi connectivity index (χ4n) is 2.73. The quantitative estimate of drug-likeness (QED) is 0.408. The van der Waals surface area contributed by atoms with Gasteiger partial charge in [0.2, 0.25) is 0 Å². The van der Waals surface area contributed by atoms with Crippen molar-refractivity contribution in [2.75, 3.05) is 6.54 Å². The fraction of sp³-hybridized carbons (Fsp3) is 0.217. The molecular formula is C23H19F8N3O. The molecule has 2 amide bonds. The first-order chi connectivity index (χ1) is 16.2. The van der Waals surface area contributed by atoms with Gasteiger partial charge in [0.1, 0.15) is 18.2 Å². The zero-order valence-corrected chi connectivity index (χ0v) is 18.0. The summed E-state index contributed by atoms with van der Waals surface area (Å²) >= 11 is 0. The third kappa shape index (κ3) is 9.59. The zero-order valence-electron chi connectivity index (χ0n) is 18.0. The predicted octanol–water partition coefficient (Wildman–Crippen LogP) is 6.32. The largest absolute Gasteiger partial charge is 0.416 e. The van der Waals surface area contributed by atoms with E-state index >= 15 is 0 Å². The van der Waals surface area contributed by atoms with Crippen molar-refractivity contribution in [1.82, 2.24) is 15.6 Å². The zero-order chi connectivity index (χ0) is 26.2. The lowest BCUT2D eigenvalue weighted by molar-refractivity contribution is -0.137. The lowest BCUT2D eigenvalue weighted by atomic mass is 10.00. The number of benzene rings is 2. The van der Waals surface area contributed by atoms with Crippen LogP contribution in [0.5, 0.6) is 0 Å². The van der Waals surface area contributed by atoms with Gasteiger partial charge in [-0.25, -0.2) is 13.6 Å². The summed E-state index contributed by atoms with van der Waals surface area (Å²) in [5.74, 6) is -2.10. The van der Waals surface area contributed by atoms with E-state index in [1.54, 1.807) is 0 Å². The number of aryl methyl sites for hydroxylation is 1. The number of alkyl halides is 6. The summed E-state index contributed by atoms with van der Waals surface area (Å²) < 4.78 is 102. The Hall–Kier alpha value is -3.70. The number of aromatic nitrogens is 1. The molecule has 0 aliphatic heterocycles. The summed E-state index contributed by atoms with van der Waals surface area (Å²) in [7, 11) is 0. The number of pyridine rings is 1. The molecule has 1 aromatic heterocycles. The second-order valence-electron chi connectivity index (χ2n) is 7.20. The molecule has 35 heavy (non-hydrogen) atoms. The molecule has 0 unspecified atom stereocenters. The first-order valence-corrected chi connectivity index (χ1v) is 9.86. The van der Waals surface area contributed by atoms with Crippen LogP contribution in [-0.4, -0.2) is 23.7 Å². The monoisotopic (exact) mass is 505 g/mol. The maximum absolute atomic E-state index is 13.7. The van der Waals surface area contributed by atoms with Gasteiger partial charge in [0.05, 0.1) is 23.5 Å². The minimum atomic E-state index is -4.92. The van der Waals surface area contributed by atoms with E-state index in [2.05, 4.69) is 24.0 Å². The molecule has 0 aliphatic carbocycles. The van der Waals surface area contributed by atoms with E-state index in [1.165, 1.54) is 10.9 Å². The molecule has 0 aliphatic rings. The molecule has 2 aromatic carbocycles. The van der Waals surface area contributed by atoms with Crippen LogP contribution in [0.1, 0.15) is 28.4 Å². The number of carbonyl (C=O) groups is 1. The molecule has 1 heterocycles. The molecule has 2 N–H and O–H groups in total. The standard InChI is InChI=1S/C16H11F8N3O.C7H8/c17-10-1-2-12(25-6-10)13(27-14(28)26-7-15(19,20)21)8-3-9(16(22,23)24)5-11(18)4-8;1-7-5-3-2-4-6-7/h1-6,13H,7H2,(H2,26,27,28);2-6H,1H3/t13-;/m0./s1. The van der Waals surface area contributed by atoms with E-state index in [4.69, 9.17) is 0 Å². The number of halogens is 8. The fourth-order valence-corrected chi connectivity index (χ4v) is 2.73. The number of carbonyl (C=O) groups excluding carboxylic acids is 1. The predicted molar refractivity (Wildman–Crippen MR) is 111 cm³/mol.